The van der Waals surface area contributed by atoms with Crippen LogP contribution in [-0.2, 0) is 22.5 Å². The van der Waals surface area contributed by atoms with Gasteiger partial charge >= 0.3 is 11.7 Å². The number of methoxy groups -OCH3 is 1. The summed E-state index contributed by atoms with van der Waals surface area (Å²) < 4.78 is 7.90. The van der Waals surface area contributed by atoms with Crippen LogP contribution in [0.3, 0.4) is 0 Å². The summed E-state index contributed by atoms with van der Waals surface area (Å²) >= 11 is 0. The summed E-state index contributed by atoms with van der Waals surface area (Å²) in [5.41, 5.74) is 1.74. The van der Waals surface area contributed by atoms with E-state index in [0.29, 0.717) is 31.1 Å². The lowest BCUT2D eigenvalue weighted by Gasteiger charge is -2.22. The summed E-state index contributed by atoms with van der Waals surface area (Å²) in [6.07, 6.45) is 4.30. The first-order valence-corrected chi connectivity index (χ1v) is 9.62. The third kappa shape index (κ3) is 4.86. The lowest BCUT2D eigenvalue weighted by atomic mass is 9.95. The molecule has 2 heterocycles. The summed E-state index contributed by atoms with van der Waals surface area (Å²) in [6, 6.07) is 7.69. The predicted octanol–water partition coefficient (Wildman–Crippen LogP) is 1.84. The average molecular weight is 372 g/mol. The van der Waals surface area contributed by atoms with Crippen LogP contribution in [0.25, 0.3) is 5.69 Å². The molecular formula is C20H28N4O3. The van der Waals surface area contributed by atoms with Crippen LogP contribution in [-0.4, -0.2) is 40.5 Å². The minimum absolute atomic E-state index is 0.0938. The summed E-state index contributed by atoms with van der Waals surface area (Å²) in [5.74, 6) is 1.13. The molecule has 0 aliphatic carbocycles. The fourth-order valence-electron chi connectivity index (χ4n) is 3.59. The molecule has 1 fully saturated rings. The smallest absolute Gasteiger partial charge is 0.350 e. The highest BCUT2D eigenvalue weighted by atomic mass is 16.5. The summed E-state index contributed by atoms with van der Waals surface area (Å²) in [7, 11) is 1.39. The molecule has 1 aliphatic heterocycles. The molecule has 7 nitrogen and oxygen atoms in total. The van der Waals surface area contributed by atoms with E-state index >= 15 is 0 Å². The normalized spacial score (nSPS) is 15.0. The molecule has 2 aromatic rings. The Balaban J connectivity index is 1.68. The number of nitrogens with zero attached hydrogens (tertiary/aromatic N) is 3. The van der Waals surface area contributed by atoms with Gasteiger partial charge in [0, 0.05) is 13.0 Å². The SMILES string of the molecule is COC(=O)CCc1ccc(-n2c(C)nn(CCC3CCNCC3)c2=O)cc1. The molecule has 1 aromatic heterocycles. The van der Waals surface area contributed by atoms with Crippen molar-refractivity contribution in [2.24, 2.45) is 5.92 Å². The van der Waals surface area contributed by atoms with Crippen molar-refractivity contribution in [1.82, 2.24) is 19.7 Å². The van der Waals surface area contributed by atoms with Crippen molar-refractivity contribution in [2.75, 3.05) is 20.2 Å². The van der Waals surface area contributed by atoms with E-state index in [0.717, 1.165) is 30.8 Å². The molecule has 1 aliphatic rings. The molecular weight excluding hydrogens is 344 g/mol. The highest BCUT2D eigenvalue weighted by molar-refractivity contribution is 5.69. The van der Waals surface area contributed by atoms with Gasteiger partial charge in [-0.15, -0.1) is 0 Å². The number of ether oxygens (including phenoxy) is 1. The standard InChI is InChI=1S/C20H28N4O3/c1-15-22-23(14-11-17-9-12-21-13-10-17)20(26)24(15)18-6-3-16(4-7-18)5-8-19(25)27-2/h3-4,6-7,17,21H,5,8-14H2,1-2H3. The fourth-order valence-corrected chi connectivity index (χ4v) is 3.59. The van der Waals surface area contributed by atoms with Gasteiger partial charge in [-0.25, -0.2) is 14.0 Å². The number of piperidine rings is 1. The van der Waals surface area contributed by atoms with Crippen LogP contribution in [0.5, 0.6) is 0 Å². The van der Waals surface area contributed by atoms with Crippen molar-refractivity contribution in [3.8, 4) is 5.69 Å². The van der Waals surface area contributed by atoms with Crippen LogP contribution < -0.4 is 11.0 Å². The van der Waals surface area contributed by atoms with E-state index in [1.165, 1.54) is 20.0 Å². The quantitative estimate of drug-likeness (QED) is 0.751. The Bertz CT molecular complexity index is 817. The molecule has 0 amide bonds. The Kier molecular flexibility index (Phi) is 6.45. The van der Waals surface area contributed by atoms with Crippen molar-refractivity contribution < 1.29 is 9.53 Å². The van der Waals surface area contributed by atoms with Gasteiger partial charge in [-0.2, -0.15) is 5.10 Å². The van der Waals surface area contributed by atoms with Crippen molar-refractivity contribution in [3.63, 3.8) is 0 Å². The second kappa shape index (κ2) is 8.99. The van der Waals surface area contributed by atoms with E-state index in [1.54, 1.807) is 9.25 Å². The number of hydrogen-bond donors (Lipinski definition) is 1. The van der Waals surface area contributed by atoms with Crippen LogP contribution in [0.1, 0.15) is 37.1 Å². The van der Waals surface area contributed by atoms with Crippen LogP contribution >= 0.6 is 0 Å². The number of benzene rings is 1. The van der Waals surface area contributed by atoms with Crippen molar-refractivity contribution in [2.45, 2.75) is 45.6 Å². The largest absolute Gasteiger partial charge is 0.469 e. The van der Waals surface area contributed by atoms with E-state index in [4.69, 9.17) is 0 Å². The van der Waals surface area contributed by atoms with Gasteiger partial charge in [0.25, 0.3) is 0 Å². The first-order chi connectivity index (χ1) is 13.1. The highest BCUT2D eigenvalue weighted by Crippen LogP contribution is 2.16. The molecule has 3 rings (SSSR count). The topological polar surface area (TPSA) is 78.2 Å². The minimum Gasteiger partial charge on any atom is -0.469 e. The van der Waals surface area contributed by atoms with Gasteiger partial charge in [-0.1, -0.05) is 12.1 Å². The number of nitrogens with one attached hydrogen (secondary N) is 1. The zero-order valence-corrected chi connectivity index (χ0v) is 16.1. The highest BCUT2D eigenvalue weighted by Gasteiger charge is 2.16. The maximum atomic E-state index is 12.8. The first kappa shape index (κ1) is 19.4. The lowest BCUT2D eigenvalue weighted by molar-refractivity contribution is -0.140. The molecule has 7 heteroatoms. The van der Waals surface area contributed by atoms with Gasteiger partial charge in [0.15, 0.2) is 0 Å². The van der Waals surface area contributed by atoms with Crippen LogP contribution in [0.4, 0.5) is 0 Å². The Labute approximate surface area is 159 Å². The van der Waals surface area contributed by atoms with Gasteiger partial charge < -0.3 is 10.1 Å². The zero-order valence-electron chi connectivity index (χ0n) is 16.1. The Morgan fingerprint density at radius 3 is 2.63 bits per heavy atom. The van der Waals surface area contributed by atoms with Crippen LogP contribution in [0.2, 0.25) is 0 Å². The second-order valence-corrected chi connectivity index (χ2v) is 7.11. The lowest BCUT2D eigenvalue weighted by Crippen LogP contribution is -2.30. The van der Waals surface area contributed by atoms with Crippen LogP contribution in [0.15, 0.2) is 29.1 Å². The number of aryl methyl sites for hydroxylation is 3. The maximum Gasteiger partial charge on any atom is 0.350 e. The minimum atomic E-state index is -0.221. The zero-order chi connectivity index (χ0) is 19.2. The monoisotopic (exact) mass is 372 g/mol. The van der Waals surface area contributed by atoms with Crippen molar-refractivity contribution in [3.05, 3.63) is 46.1 Å². The van der Waals surface area contributed by atoms with Gasteiger partial charge in [-0.05, 0) is 69.3 Å². The number of carbonyl (C=O) groups is 1. The maximum absolute atomic E-state index is 12.8. The number of hydrogen-bond acceptors (Lipinski definition) is 5. The molecule has 1 saturated heterocycles. The Morgan fingerprint density at radius 1 is 1.26 bits per heavy atom. The van der Waals surface area contributed by atoms with Crippen molar-refractivity contribution in [1.29, 1.82) is 0 Å². The Morgan fingerprint density at radius 2 is 1.96 bits per heavy atom. The summed E-state index contributed by atoms with van der Waals surface area (Å²) in [6.45, 7) is 4.65. The van der Waals surface area contributed by atoms with Crippen LogP contribution in [0, 0.1) is 12.8 Å². The number of aromatic nitrogens is 3. The van der Waals surface area contributed by atoms with Gasteiger partial charge in [0.2, 0.25) is 0 Å². The summed E-state index contributed by atoms with van der Waals surface area (Å²) in [5, 5.41) is 7.82. The number of esters is 1. The third-order valence-electron chi connectivity index (χ3n) is 5.25. The van der Waals surface area contributed by atoms with E-state index in [2.05, 4.69) is 15.2 Å². The second-order valence-electron chi connectivity index (χ2n) is 7.11. The molecule has 146 valence electrons. The third-order valence-corrected chi connectivity index (χ3v) is 5.25. The molecule has 0 saturated carbocycles. The van der Waals surface area contributed by atoms with Gasteiger partial charge in [0.1, 0.15) is 5.82 Å². The van der Waals surface area contributed by atoms with Gasteiger partial charge in [-0.3, -0.25) is 4.79 Å². The van der Waals surface area contributed by atoms with E-state index in [-0.39, 0.29) is 11.7 Å². The van der Waals surface area contributed by atoms with E-state index in [9.17, 15) is 9.59 Å². The summed E-state index contributed by atoms with van der Waals surface area (Å²) in [4.78, 5) is 24.1. The molecule has 1 aromatic carbocycles. The molecule has 0 radical (unpaired) electrons. The molecule has 0 bridgehead atoms. The van der Waals surface area contributed by atoms with Crippen molar-refractivity contribution >= 4 is 5.97 Å². The van der Waals surface area contributed by atoms with E-state index < -0.39 is 0 Å². The Hall–Kier alpha value is -2.41. The number of carbonyl (C=O) groups excluding carboxylic acids is 1. The molecule has 0 unspecified atom stereocenters. The molecule has 0 atom stereocenters. The molecule has 0 spiro atoms. The number of rotatable bonds is 7. The molecule has 1 N–H and O–H groups in total. The van der Waals surface area contributed by atoms with E-state index in [1.807, 2.05) is 31.2 Å². The average Bonchev–Trinajstić information content (AvgIpc) is 2.99. The van der Waals surface area contributed by atoms with Gasteiger partial charge in [0.05, 0.1) is 12.8 Å². The predicted molar refractivity (Wildman–Crippen MR) is 103 cm³/mol. The first-order valence-electron chi connectivity index (χ1n) is 9.62. The fraction of sp³-hybridized carbons (Fsp3) is 0.550. The molecule has 27 heavy (non-hydrogen) atoms.